The smallest absolute Gasteiger partial charge is 0.226 e. The molecule has 2 N–H and O–H groups in total. The second kappa shape index (κ2) is 5.93. The molecule has 0 spiro atoms. The molecule has 0 aromatic carbocycles. The summed E-state index contributed by atoms with van der Waals surface area (Å²) in [6.07, 6.45) is 1.55. The molecular formula is C10H19N3O3. The van der Waals surface area contributed by atoms with Crippen LogP contribution in [0.1, 0.15) is 25.1 Å². The monoisotopic (exact) mass is 229 g/mol. The molecule has 92 valence electrons. The Morgan fingerprint density at radius 3 is 2.75 bits per heavy atom. The van der Waals surface area contributed by atoms with Gasteiger partial charge in [0.05, 0.1) is 6.61 Å². The van der Waals surface area contributed by atoms with E-state index in [-0.39, 0.29) is 0 Å². The highest BCUT2D eigenvalue weighted by Gasteiger charge is 2.27. The number of aryl methyl sites for hydroxylation is 1. The van der Waals surface area contributed by atoms with Crippen molar-refractivity contribution in [1.82, 2.24) is 10.1 Å². The van der Waals surface area contributed by atoms with E-state index in [9.17, 15) is 0 Å². The standard InChI is InChI=1S/C10H19N3O3/c1-10(11,7-15-3)9-12-8(16-13-9)5-4-6-14-2/h4-7,11H2,1-3H3. The Labute approximate surface area is 95.1 Å². The van der Waals surface area contributed by atoms with Crippen LogP contribution in [-0.4, -0.2) is 37.6 Å². The predicted octanol–water partition coefficient (Wildman–Crippen LogP) is 0.469. The first-order valence-electron chi connectivity index (χ1n) is 5.20. The summed E-state index contributed by atoms with van der Waals surface area (Å²) >= 11 is 0. The van der Waals surface area contributed by atoms with Crippen LogP contribution in [0.5, 0.6) is 0 Å². The minimum atomic E-state index is -0.711. The van der Waals surface area contributed by atoms with Crippen molar-refractivity contribution in [3.05, 3.63) is 11.7 Å². The zero-order valence-corrected chi connectivity index (χ0v) is 10.0. The normalized spacial score (nSPS) is 15.0. The van der Waals surface area contributed by atoms with Gasteiger partial charge in [0.15, 0.2) is 5.82 Å². The van der Waals surface area contributed by atoms with Gasteiger partial charge in [-0.05, 0) is 13.3 Å². The van der Waals surface area contributed by atoms with E-state index in [1.54, 1.807) is 21.1 Å². The van der Waals surface area contributed by atoms with E-state index >= 15 is 0 Å². The Kier molecular flexibility index (Phi) is 4.85. The second-order valence-corrected chi connectivity index (χ2v) is 3.96. The Hall–Kier alpha value is -0.980. The average molecular weight is 229 g/mol. The van der Waals surface area contributed by atoms with Crippen molar-refractivity contribution < 1.29 is 14.0 Å². The van der Waals surface area contributed by atoms with E-state index < -0.39 is 5.54 Å². The molecule has 0 bridgehead atoms. The molecule has 1 atom stereocenters. The first-order valence-corrected chi connectivity index (χ1v) is 5.20. The van der Waals surface area contributed by atoms with Crippen LogP contribution in [0.2, 0.25) is 0 Å². The molecule has 0 radical (unpaired) electrons. The molecule has 1 aromatic rings. The van der Waals surface area contributed by atoms with Gasteiger partial charge in [-0.2, -0.15) is 4.98 Å². The molecule has 0 amide bonds. The van der Waals surface area contributed by atoms with Crippen LogP contribution in [0.4, 0.5) is 0 Å². The topological polar surface area (TPSA) is 83.4 Å². The van der Waals surface area contributed by atoms with Crippen LogP contribution < -0.4 is 5.73 Å². The van der Waals surface area contributed by atoms with Crippen molar-refractivity contribution in [1.29, 1.82) is 0 Å². The van der Waals surface area contributed by atoms with Gasteiger partial charge < -0.3 is 19.7 Å². The van der Waals surface area contributed by atoms with Gasteiger partial charge in [0.1, 0.15) is 5.54 Å². The fourth-order valence-corrected chi connectivity index (χ4v) is 1.32. The molecule has 1 aromatic heterocycles. The Morgan fingerprint density at radius 1 is 1.38 bits per heavy atom. The largest absolute Gasteiger partial charge is 0.385 e. The van der Waals surface area contributed by atoms with Crippen molar-refractivity contribution in [2.75, 3.05) is 27.4 Å². The number of aromatic nitrogens is 2. The number of methoxy groups -OCH3 is 2. The summed E-state index contributed by atoms with van der Waals surface area (Å²) in [5, 5.41) is 3.85. The van der Waals surface area contributed by atoms with Crippen molar-refractivity contribution in [3.8, 4) is 0 Å². The molecule has 0 aliphatic rings. The van der Waals surface area contributed by atoms with Crippen LogP contribution in [0.3, 0.4) is 0 Å². The van der Waals surface area contributed by atoms with Crippen molar-refractivity contribution >= 4 is 0 Å². The molecular weight excluding hydrogens is 210 g/mol. The molecule has 6 nitrogen and oxygen atoms in total. The van der Waals surface area contributed by atoms with Crippen LogP contribution in [0, 0.1) is 0 Å². The minimum Gasteiger partial charge on any atom is -0.385 e. The molecule has 0 aliphatic heterocycles. The molecule has 0 saturated carbocycles. The van der Waals surface area contributed by atoms with Gasteiger partial charge in [0, 0.05) is 27.2 Å². The number of hydrogen-bond acceptors (Lipinski definition) is 6. The van der Waals surface area contributed by atoms with Gasteiger partial charge in [-0.25, -0.2) is 0 Å². The number of hydrogen-bond donors (Lipinski definition) is 1. The lowest BCUT2D eigenvalue weighted by atomic mass is 10.1. The zero-order chi connectivity index (χ0) is 12.0. The first kappa shape index (κ1) is 13.1. The van der Waals surface area contributed by atoms with E-state index in [1.165, 1.54) is 0 Å². The highest BCUT2D eigenvalue weighted by Crippen LogP contribution is 2.14. The third kappa shape index (κ3) is 3.55. The van der Waals surface area contributed by atoms with Crippen molar-refractivity contribution in [2.24, 2.45) is 5.73 Å². The number of ether oxygens (including phenoxy) is 2. The van der Waals surface area contributed by atoms with Gasteiger partial charge in [0.2, 0.25) is 5.89 Å². The van der Waals surface area contributed by atoms with Crippen LogP contribution in [0.25, 0.3) is 0 Å². The maximum atomic E-state index is 5.98. The molecule has 6 heteroatoms. The van der Waals surface area contributed by atoms with Crippen molar-refractivity contribution in [2.45, 2.75) is 25.3 Å². The van der Waals surface area contributed by atoms with Gasteiger partial charge in [0.25, 0.3) is 0 Å². The van der Waals surface area contributed by atoms with Crippen LogP contribution in [-0.2, 0) is 21.4 Å². The summed E-state index contributed by atoms with van der Waals surface area (Å²) in [4.78, 5) is 4.23. The number of nitrogens with two attached hydrogens (primary N) is 1. The lowest BCUT2D eigenvalue weighted by Crippen LogP contribution is -2.39. The number of rotatable bonds is 7. The van der Waals surface area contributed by atoms with E-state index in [4.69, 9.17) is 19.7 Å². The Bertz CT molecular complexity index is 312. The third-order valence-corrected chi connectivity index (χ3v) is 2.16. The van der Waals surface area contributed by atoms with E-state index in [1.807, 2.05) is 0 Å². The summed E-state index contributed by atoms with van der Waals surface area (Å²) in [6.45, 7) is 2.83. The number of nitrogens with zero attached hydrogens (tertiary/aromatic N) is 2. The highest BCUT2D eigenvalue weighted by atomic mass is 16.5. The lowest BCUT2D eigenvalue weighted by molar-refractivity contribution is 0.135. The van der Waals surface area contributed by atoms with E-state index in [2.05, 4.69) is 10.1 Å². The second-order valence-electron chi connectivity index (χ2n) is 3.96. The molecule has 0 saturated heterocycles. The van der Waals surface area contributed by atoms with E-state index in [0.717, 1.165) is 6.42 Å². The summed E-state index contributed by atoms with van der Waals surface area (Å²) < 4.78 is 15.0. The predicted molar refractivity (Wildman–Crippen MR) is 57.9 cm³/mol. The van der Waals surface area contributed by atoms with Gasteiger partial charge in [-0.1, -0.05) is 5.16 Å². The lowest BCUT2D eigenvalue weighted by Gasteiger charge is -2.18. The van der Waals surface area contributed by atoms with Crippen molar-refractivity contribution in [3.63, 3.8) is 0 Å². The summed E-state index contributed by atoms with van der Waals surface area (Å²) in [6, 6.07) is 0. The van der Waals surface area contributed by atoms with Gasteiger partial charge in [-0.15, -0.1) is 0 Å². The molecule has 0 aliphatic carbocycles. The highest BCUT2D eigenvalue weighted by molar-refractivity contribution is 5.01. The van der Waals surface area contributed by atoms with Gasteiger partial charge >= 0.3 is 0 Å². The minimum absolute atomic E-state index is 0.351. The molecule has 1 unspecified atom stereocenters. The third-order valence-electron chi connectivity index (χ3n) is 2.16. The Morgan fingerprint density at radius 2 is 2.12 bits per heavy atom. The molecule has 1 heterocycles. The fourth-order valence-electron chi connectivity index (χ4n) is 1.32. The molecule has 0 fully saturated rings. The molecule has 16 heavy (non-hydrogen) atoms. The summed E-state index contributed by atoms with van der Waals surface area (Å²) in [7, 11) is 3.25. The quantitative estimate of drug-likeness (QED) is 0.684. The summed E-state index contributed by atoms with van der Waals surface area (Å²) in [5.41, 5.74) is 5.27. The zero-order valence-electron chi connectivity index (χ0n) is 10.0. The maximum absolute atomic E-state index is 5.98. The summed E-state index contributed by atoms with van der Waals surface area (Å²) in [5.74, 6) is 1.06. The molecule has 1 rings (SSSR count). The first-order chi connectivity index (χ1) is 7.60. The average Bonchev–Trinajstić information content (AvgIpc) is 2.67. The van der Waals surface area contributed by atoms with Gasteiger partial charge in [-0.3, -0.25) is 0 Å². The van der Waals surface area contributed by atoms with Crippen LogP contribution in [0.15, 0.2) is 4.52 Å². The van der Waals surface area contributed by atoms with Crippen LogP contribution >= 0.6 is 0 Å². The SMILES string of the molecule is COCCCc1nc(C(C)(N)COC)no1. The Balaban J connectivity index is 2.56. The maximum Gasteiger partial charge on any atom is 0.226 e. The van der Waals surface area contributed by atoms with E-state index in [0.29, 0.717) is 31.3 Å². The fraction of sp³-hybridized carbons (Fsp3) is 0.800.